The Morgan fingerprint density at radius 2 is 2.15 bits per heavy atom. The van der Waals surface area contributed by atoms with Crippen molar-refractivity contribution in [1.82, 2.24) is 5.32 Å². The molecule has 13 heavy (non-hydrogen) atoms. The van der Waals surface area contributed by atoms with Crippen LogP contribution in [0.4, 0.5) is 0 Å². The molecule has 0 amide bonds. The first-order valence-corrected chi connectivity index (χ1v) is 5.60. The number of nitrogens with one attached hydrogen (secondary N) is 1. The monoisotopic (exact) mass is 199 g/mol. The zero-order chi connectivity index (χ0) is 9.26. The van der Waals surface area contributed by atoms with Gasteiger partial charge in [0.2, 0.25) is 0 Å². The molecule has 0 aromatic rings. The molecule has 4 heteroatoms. The largest absolute Gasteiger partial charge is 0.480 e. The molecule has 2 fully saturated rings. The lowest BCUT2D eigenvalue weighted by molar-refractivity contribution is -0.138. The Hall–Kier alpha value is -0.640. The molecule has 0 aromatic heterocycles. The quantitative estimate of drug-likeness (QED) is 0.673. The molecule has 1 saturated carbocycles. The lowest BCUT2D eigenvalue weighted by atomic mass is 10.2. The van der Waals surface area contributed by atoms with Gasteiger partial charge < -0.3 is 10.4 Å². The van der Waals surface area contributed by atoms with E-state index in [4.69, 9.17) is 5.11 Å². The predicted octanol–water partition coefficient (Wildman–Crippen LogP) is 1.56. The fourth-order valence-electron chi connectivity index (χ4n) is 1.77. The molecule has 3 nitrogen and oxygen atoms in total. The Morgan fingerprint density at radius 1 is 1.46 bits per heavy atom. The van der Waals surface area contributed by atoms with Crippen molar-refractivity contribution in [3.8, 4) is 0 Å². The van der Waals surface area contributed by atoms with Crippen LogP contribution in [0.1, 0.15) is 25.7 Å². The molecule has 72 valence electrons. The van der Waals surface area contributed by atoms with Gasteiger partial charge in [-0.15, -0.1) is 11.8 Å². The van der Waals surface area contributed by atoms with Gasteiger partial charge in [-0.2, -0.15) is 0 Å². The molecule has 2 aliphatic rings. The Labute approximate surface area is 81.6 Å². The molecule has 1 atom stereocenters. The minimum absolute atomic E-state index is 0.367. The number of carbonyl (C=O) groups is 1. The third-order valence-electron chi connectivity index (χ3n) is 2.53. The molecule has 2 N–H and O–H groups in total. The van der Waals surface area contributed by atoms with Crippen LogP contribution in [-0.2, 0) is 4.79 Å². The summed E-state index contributed by atoms with van der Waals surface area (Å²) in [5.41, 5.74) is 1.44. The van der Waals surface area contributed by atoms with E-state index in [0.717, 1.165) is 17.9 Å². The fraction of sp³-hybridized carbons (Fsp3) is 0.667. The highest BCUT2D eigenvalue weighted by Gasteiger charge is 2.27. The number of hydrogen-bond donors (Lipinski definition) is 2. The van der Waals surface area contributed by atoms with Crippen LogP contribution in [0, 0.1) is 0 Å². The van der Waals surface area contributed by atoms with Crippen LogP contribution < -0.4 is 5.32 Å². The number of carboxylic acids is 1. The van der Waals surface area contributed by atoms with Crippen molar-refractivity contribution < 1.29 is 9.90 Å². The highest BCUT2D eigenvalue weighted by atomic mass is 32.2. The summed E-state index contributed by atoms with van der Waals surface area (Å²) < 4.78 is 0. The normalized spacial score (nSPS) is 27.8. The minimum Gasteiger partial charge on any atom is -0.480 e. The van der Waals surface area contributed by atoms with E-state index in [0.29, 0.717) is 5.75 Å². The van der Waals surface area contributed by atoms with E-state index in [-0.39, 0.29) is 6.04 Å². The van der Waals surface area contributed by atoms with Crippen molar-refractivity contribution in [2.24, 2.45) is 0 Å². The molecule has 1 saturated heterocycles. The average molecular weight is 199 g/mol. The molecule has 1 unspecified atom stereocenters. The molecule has 2 rings (SSSR count). The Morgan fingerprint density at radius 3 is 2.69 bits per heavy atom. The fourth-order valence-corrected chi connectivity index (χ4v) is 2.97. The SMILES string of the molecule is O=C(O)C1CSC(=C2CCCC2)N1. The van der Waals surface area contributed by atoms with Gasteiger partial charge in [-0.05, 0) is 31.3 Å². The van der Waals surface area contributed by atoms with Crippen molar-refractivity contribution in [1.29, 1.82) is 0 Å². The average Bonchev–Trinajstić information content (AvgIpc) is 2.75. The third kappa shape index (κ3) is 1.82. The van der Waals surface area contributed by atoms with Gasteiger partial charge in [-0.3, -0.25) is 0 Å². The second-order valence-corrected chi connectivity index (χ2v) is 4.52. The summed E-state index contributed by atoms with van der Waals surface area (Å²) in [6.07, 6.45) is 4.83. The van der Waals surface area contributed by atoms with Crippen LogP contribution >= 0.6 is 11.8 Å². The lowest BCUT2D eigenvalue weighted by Crippen LogP contribution is -2.32. The maximum Gasteiger partial charge on any atom is 0.327 e. The van der Waals surface area contributed by atoms with E-state index < -0.39 is 5.97 Å². The molecular weight excluding hydrogens is 186 g/mol. The molecule has 1 aliphatic carbocycles. The summed E-state index contributed by atoms with van der Waals surface area (Å²) in [5.74, 6) is -0.0603. The van der Waals surface area contributed by atoms with E-state index in [1.54, 1.807) is 11.8 Å². The summed E-state index contributed by atoms with van der Waals surface area (Å²) in [7, 11) is 0. The maximum absolute atomic E-state index is 10.7. The molecular formula is C9H13NO2S. The molecule has 0 radical (unpaired) electrons. The zero-order valence-corrected chi connectivity index (χ0v) is 8.19. The first kappa shape index (κ1) is 8.94. The van der Waals surface area contributed by atoms with Gasteiger partial charge in [0.05, 0.1) is 5.03 Å². The number of thioether (sulfide) groups is 1. The van der Waals surface area contributed by atoms with Crippen molar-refractivity contribution in [3.63, 3.8) is 0 Å². The van der Waals surface area contributed by atoms with Gasteiger partial charge in [-0.25, -0.2) is 4.79 Å². The summed E-state index contributed by atoms with van der Waals surface area (Å²) in [5, 5.41) is 13.0. The molecule has 1 aliphatic heterocycles. The van der Waals surface area contributed by atoms with E-state index >= 15 is 0 Å². The Balaban J connectivity index is 2.04. The van der Waals surface area contributed by atoms with Gasteiger partial charge >= 0.3 is 5.97 Å². The summed E-state index contributed by atoms with van der Waals surface area (Å²) >= 11 is 1.66. The third-order valence-corrected chi connectivity index (χ3v) is 3.72. The molecule has 0 aromatic carbocycles. The van der Waals surface area contributed by atoms with E-state index in [1.807, 2.05) is 0 Å². The summed E-state index contributed by atoms with van der Waals surface area (Å²) in [4.78, 5) is 10.7. The highest BCUT2D eigenvalue weighted by molar-refractivity contribution is 8.03. The number of allylic oxidation sites excluding steroid dienone is 1. The van der Waals surface area contributed by atoms with Gasteiger partial charge in [-0.1, -0.05) is 0 Å². The topological polar surface area (TPSA) is 49.3 Å². The second kappa shape index (κ2) is 3.62. The van der Waals surface area contributed by atoms with Crippen molar-refractivity contribution in [2.75, 3.05) is 5.75 Å². The summed E-state index contributed by atoms with van der Waals surface area (Å²) in [6.45, 7) is 0. The van der Waals surface area contributed by atoms with Crippen molar-refractivity contribution in [2.45, 2.75) is 31.7 Å². The van der Waals surface area contributed by atoms with Crippen molar-refractivity contribution >= 4 is 17.7 Å². The van der Waals surface area contributed by atoms with Crippen LogP contribution in [-0.4, -0.2) is 22.9 Å². The molecule has 0 bridgehead atoms. The van der Waals surface area contributed by atoms with E-state index in [1.165, 1.54) is 18.4 Å². The number of rotatable bonds is 1. The van der Waals surface area contributed by atoms with Crippen LogP contribution in [0.25, 0.3) is 0 Å². The van der Waals surface area contributed by atoms with E-state index in [2.05, 4.69) is 5.32 Å². The lowest BCUT2D eigenvalue weighted by Gasteiger charge is -2.05. The summed E-state index contributed by atoms with van der Waals surface area (Å²) in [6, 6.07) is -0.367. The first-order chi connectivity index (χ1) is 6.27. The second-order valence-electron chi connectivity index (χ2n) is 3.49. The van der Waals surface area contributed by atoms with Crippen LogP contribution in [0.5, 0.6) is 0 Å². The maximum atomic E-state index is 10.7. The zero-order valence-electron chi connectivity index (χ0n) is 7.38. The molecule has 1 heterocycles. The standard InChI is InChI=1S/C9H13NO2S/c11-9(12)7-5-13-8(10-7)6-3-1-2-4-6/h7,10H,1-5H2,(H,11,12). The number of carboxylic acid groups (broad SMARTS) is 1. The van der Waals surface area contributed by atoms with Crippen LogP contribution in [0.15, 0.2) is 10.6 Å². The smallest absolute Gasteiger partial charge is 0.327 e. The molecule has 0 spiro atoms. The highest BCUT2D eigenvalue weighted by Crippen LogP contribution is 2.34. The van der Waals surface area contributed by atoms with Gasteiger partial charge in [0, 0.05) is 5.75 Å². The van der Waals surface area contributed by atoms with Gasteiger partial charge in [0.15, 0.2) is 0 Å². The van der Waals surface area contributed by atoms with Crippen molar-refractivity contribution in [3.05, 3.63) is 10.6 Å². The van der Waals surface area contributed by atoms with Gasteiger partial charge in [0.25, 0.3) is 0 Å². The van der Waals surface area contributed by atoms with E-state index in [9.17, 15) is 4.79 Å². The number of aliphatic carboxylic acids is 1. The van der Waals surface area contributed by atoms with Gasteiger partial charge in [0.1, 0.15) is 6.04 Å². The van der Waals surface area contributed by atoms with Crippen LogP contribution in [0.2, 0.25) is 0 Å². The van der Waals surface area contributed by atoms with Crippen LogP contribution in [0.3, 0.4) is 0 Å². The Kier molecular flexibility index (Phi) is 2.49. The predicted molar refractivity (Wildman–Crippen MR) is 52.5 cm³/mol. The minimum atomic E-state index is -0.735. The first-order valence-electron chi connectivity index (χ1n) is 4.61. The number of hydrogen-bond acceptors (Lipinski definition) is 3. The Bertz CT molecular complexity index is 254.